The van der Waals surface area contributed by atoms with Gasteiger partial charge in [0.05, 0.1) is 12.7 Å². The number of carbonyl (C=O) groups excluding carboxylic acids is 1. The molecule has 0 radical (unpaired) electrons. The second kappa shape index (κ2) is 6.92. The van der Waals surface area contributed by atoms with E-state index in [0.29, 0.717) is 16.3 Å². The van der Waals surface area contributed by atoms with Crippen molar-refractivity contribution in [3.8, 4) is 5.75 Å². The van der Waals surface area contributed by atoms with Gasteiger partial charge < -0.3 is 15.0 Å². The van der Waals surface area contributed by atoms with Crippen LogP contribution in [0.25, 0.3) is 0 Å². The fraction of sp³-hybridized carbons (Fsp3) is 0.278. The number of amides is 1. The molecule has 3 rings (SSSR count). The van der Waals surface area contributed by atoms with Crippen LogP contribution in [-0.2, 0) is 0 Å². The Morgan fingerprint density at radius 3 is 2.70 bits per heavy atom. The summed E-state index contributed by atoms with van der Waals surface area (Å²) in [5, 5.41) is 3.42. The van der Waals surface area contributed by atoms with E-state index in [4.69, 9.17) is 16.3 Å². The smallest absolute Gasteiger partial charge is 0.259 e. The molecule has 1 saturated heterocycles. The molecular weight excluding hydrogens is 312 g/mol. The van der Waals surface area contributed by atoms with Crippen LogP contribution in [0.3, 0.4) is 0 Å². The van der Waals surface area contributed by atoms with Crippen LogP contribution in [0.15, 0.2) is 42.5 Å². The zero-order valence-electron chi connectivity index (χ0n) is 13.0. The van der Waals surface area contributed by atoms with Crippen LogP contribution in [0, 0.1) is 0 Å². The van der Waals surface area contributed by atoms with E-state index in [9.17, 15) is 4.79 Å². The van der Waals surface area contributed by atoms with Gasteiger partial charge >= 0.3 is 0 Å². The average Bonchev–Trinajstić information content (AvgIpc) is 3.09. The average molecular weight is 331 g/mol. The van der Waals surface area contributed by atoms with Gasteiger partial charge in [-0.2, -0.15) is 0 Å². The Morgan fingerprint density at radius 1 is 1.17 bits per heavy atom. The monoisotopic (exact) mass is 330 g/mol. The van der Waals surface area contributed by atoms with E-state index in [1.807, 2.05) is 18.2 Å². The van der Waals surface area contributed by atoms with Crippen molar-refractivity contribution in [3.05, 3.63) is 53.1 Å². The number of methoxy groups -OCH3 is 1. The van der Waals surface area contributed by atoms with E-state index in [1.54, 1.807) is 18.2 Å². The normalized spacial score (nSPS) is 13.9. The van der Waals surface area contributed by atoms with Gasteiger partial charge in [-0.3, -0.25) is 4.79 Å². The summed E-state index contributed by atoms with van der Waals surface area (Å²) in [5.74, 6) is 0.269. The molecule has 1 aliphatic heterocycles. The van der Waals surface area contributed by atoms with Gasteiger partial charge in [0, 0.05) is 29.5 Å². The summed E-state index contributed by atoms with van der Waals surface area (Å²) in [6.45, 7) is 2.14. The lowest BCUT2D eigenvalue weighted by molar-refractivity contribution is 0.102. The fourth-order valence-corrected chi connectivity index (χ4v) is 2.98. The predicted octanol–water partition coefficient (Wildman–Crippen LogP) is 4.20. The van der Waals surface area contributed by atoms with Crippen molar-refractivity contribution in [1.82, 2.24) is 0 Å². The van der Waals surface area contributed by atoms with Crippen LogP contribution in [0.2, 0.25) is 5.02 Å². The fourth-order valence-electron chi connectivity index (χ4n) is 2.81. The maximum atomic E-state index is 12.5. The van der Waals surface area contributed by atoms with Crippen LogP contribution in [0.5, 0.6) is 5.75 Å². The molecule has 1 fully saturated rings. The molecule has 2 aromatic rings. The number of nitrogens with one attached hydrogen (secondary N) is 1. The summed E-state index contributed by atoms with van der Waals surface area (Å²) in [7, 11) is 1.54. The lowest BCUT2D eigenvalue weighted by Crippen LogP contribution is -2.18. The molecule has 0 spiro atoms. The zero-order valence-corrected chi connectivity index (χ0v) is 13.8. The first-order valence-corrected chi connectivity index (χ1v) is 8.05. The Morgan fingerprint density at radius 2 is 1.96 bits per heavy atom. The third-order valence-electron chi connectivity index (χ3n) is 3.98. The first-order valence-electron chi connectivity index (χ1n) is 7.67. The van der Waals surface area contributed by atoms with Crippen molar-refractivity contribution in [2.75, 3.05) is 30.4 Å². The highest BCUT2D eigenvalue weighted by atomic mass is 35.5. The molecule has 5 heteroatoms. The second-order valence-electron chi connectivity index (χ2n) is 5.54. The first-order chi connectivity index (χ1) is 11.2. The van der Waals surface area contributed by atoms with Gasteiger partial charge in [-0.1, -0.05) is 17.7 Å². The number of rotatable bonds is 4. The minimum atomic E-state index is -0.233. The topological polar surface area (TPSA) is 41.6 Å². The number of anilines is 2. The van der Waals surface area contributed by atoms with Crippen molar-refractivity contribution in [2.24, 2.45) is 0 Å². The minimum absolute atomic E-state index is 0.233. The highest BCUT2D eigenvalue weighted by Gasteiger charge is 2.15. The lowest BCUT2D eigenvalue weighted by atomic mass is 10.1. The molecule has 0 bridgehead atoms. The van der Waals surface area contributed by atoms with Crippen molar-refractivity contribution < 1.29 is 9.53 Å². The van der Waals surface area contributed by atoms with Crippen molar-refractivity contribution in [3.63, 3.8) is 0 Å². The molecule has 1 aliphatic rings. The molecule has 1 N–H and O–H groups in total. The molecule has 0 aliphatic carbocycles. The molecule has 0 unspecified atom stereocenters. The second-order valence-corrected chi connectivity index (χ2v) is 5.98. The number of hydrogen-bond acceptors (Lipinski definition) is 3. The molecule has 0 saturated carbocycles. The van der Waals surface area contributed by atoms with Crippen molar-refractivity contribution >= 4 is 28.9 Å². The van der Waals surface area contributed by atoms with Gasteiger partial charge in [0.25, 0.3) is 5.91 Å². The largest absolute Gasteiger partial charge is 0.496 e. The predicted molar refractivity (Wildman–Crippen MR) is 93.8 cm³/mol. The van der Waals surface area contributed by atoms with E-state index in [2.05, 4.69) is 16.3 Å². The maximum absolute atomic E-state index is 12.5. The quantitative estimate of drug-likeness (QED) is 0.913. The van der Waals surface area contributed by atoms with Gasteiger partial charge in [0.1, 0.15) is 5.75 Å². The van der Waals surface area contributed by atoms with Crippen LogP contribution in [0.4, 0.5) is 11.4 Å². The van der Waals surface area contributed by atoms with Crippen molar-refractivity contribution in [1.29, 1.82) is 0 Å². The van der Waals surface area contributed by atoms with Gasteiger partial charge in [0.15, 0.2) is 0 Å². The van der Waals surface area contributed by atoms with Crippen LogP contribution in [0.1, 0.15) is 23.2 Å². The highest BCUT2D eigenvalue weighted by molar-refractivity contribution is 6.31. The molecule has 120 valence electrons. The maximum Gasteiger partial charge on any atom is 0.259 e. The van der Waals surface area contributed by atoms with Gasteiger partial charge in [-0.15, -0.1) is 0 Å². The first kappa shape index (κ1) is 15.7. The van der Waals surface area contributed by atoms with E-state index in [1.165, 1.54) is 20.0 Å². The summed E-state index contributed by atoms with van der Waals surface area (Å²) < 4.78 is 5.24. The van der Waals surface area contributed by atoms with Crippen LogP contribution < -0.4 is 15.0 Å². The molecule has 1 heterocycles. The van der Waals surface area contributed by atoms with Gasteiger partial charge in [0.2, 0.25) is 0 Å². The Labute approximate surface area is 141 Å². The Kier molecular flexibility index (Phi) is 4.72. The summed E-state index contributed by atoms with van der Waals surface area (Å²) in [4.78, 5) is 14.8. The van der Waals surface area contributed by atoms with E-state index >= 15 is 0 Å². The summed E-state index contributed by atoms with van der Waals surface area (Å²) in [6, 6.07) is 12.9. The number of nitrogens with zero attached hydrogens (tertiary/aromatic N) is 1. The van der Waals surface area contributed by atoms with Crippen LogP contribution in [-0.4, -0.2) is 26.1 Å². The minimum Gasteiger partial charge on any atom is -0.496 e. The Bertz CT molecular complexity index is 712. The number of hydrogen-bond donors (Lipinski definition) is 1. The number of benzene rings is 2. The highest BCUT2D eigenvalue weighted by Crippen LogP contribution is 2.26. The zero-order chi connectivity index (χ0) is 16.2. The van der Waals surface area contributed by atoms with Crippen molar-refractivity contribution in [2.45, 2.75) is 12.8 Å². The van der Waals surface area contributed by atoms with E-state index in [-0.39, 0.29) is 5.91 Å². The number of ether oxygens (including phenoxy) is 1. The molecule has 23 heavy (non-hydrogen) atoms. The standard InChI is InChI=1S/C18H19ClN2O2/c1-23-17-8-7-13(19)11-16(17)18(22)20-14-5-4-6-15(12-14)21-9-2-3-10-21/h4-8,11-12H,2-3,9-10H2,1H3,(H,20,22). The van der Waals surface area contributed by atoms with Crippen LogP contribution >= 0.6 is 11.6 Å². The Balaban J connectivity index is 1.80. The summed E-state index contributed by atoms with van der Waals surface area (Å²) in [6.07, 6.45) is 2.44. The number of carbonyl (C=O) groups is 1. The van der Waals surface area contributed by atoms with Gasteiger partial charge in [-0.05, 0) is 49.2 Å². The van der Waals surface area contributed by atoms with E-state index < -0.39 is 0 Å². The third kappa shape index (κ3) is 3.59. The number of halogens is 1. The molecular formula is C18H19ClN2O2. The molecule has 4 nitrogen and oxygen atoms in total. The molecule has 1 amide bonds. The summed E-state index contributed by atoms with van der Waals surface area (Å²) in [5.41, 5.74) is 2.33. The SMILES string of the molecule is COc1ccc(Cl)cc1C(=O)Nc1cccc(N2CCCC2)c1. The lowest BCUT2D eigenvalue weighted by Gasteiger charge is -2.18. The Hall–Kier alpha value is -2.20. The molecule has 2 aromatic carbocycles. The summed E-state index contributed by atoms with van der Waals surface area (Å²) >= 11 is 5.99. The molecule has 0 aromatic heterocycles. The van der Waals surface area contributed by atoms with Gasteiger partial charge in [-0.25, -0.2) is 0 Å². The van der Waals surface area contributed by atoms with E-state index in [0.717, 1.165) is 24.5 Å². The molecule has 0 atom stereocenters. The third-order valence-corrected chi connectivity index (χ3v) is 4.22.